The van der Waals surface area contributed by atoms with Gasteiger partial charge >= 0.3 is 0 Å². The summed E-state index contributed by atoms with van der Waals surface area (Å²) in [6, 6.07) is 10.4. The second-order valence-electron chi connectivity index (χ2n) is 5.48. The van der Waals surface area contributed by atoms with E-state index in [1.807, 2.05) is 0 Å². The molecule has 0 aliphatic rings. The maximum absolute atomic E-state index is 12.0. The fraction of sp³-hybridized carbons (Fsp3) is 0.278. The van der Waals surface area contributed by atoms with Gasteiger partial charge in [-0.15, -0.1) is 0 Å². The zero-order valence-corrected chi connectivity index (χ0v) is 16.3. The van der Waals surface area contributed by atoms with Crippen LogP contribution in [0.3, 0.4) is 0 Å². The molecule has 6 nitrogen and oxygen atoms in total. The average Bonchev–Trinajstić information content (AvgIpc) is 3.03. The number of furan rings is 1. The van der Waals surface area contributed by atoms with Crippen LogP contribution < -0.4 is 10.7 Å². The highest BCUT2D eigenvalue weighted by atomic mass is 79.9. The number of hydrazone groups is 1. The molecule has 0 saturated heterocycles. The van der Waals surface area contributed by atoms with Crippen LogP contribution in [0.2, 0.25) is 5.02 Å². The molecule has 0 aliphatic carbocycles. The fourth-order valence-corrected chi connectivity index (χ4v) is 2.69. The number of nitrogens with zero attached hydrogens (tertiary/aromatic N) is 1. The zero-order chi connectivity index (χ0) is 18.8. The predicted octanol–water partition coefficient (Wildman–Crippen LogP) is 4.14. The number of nitrogens with one attached hydrogen (secondary N) is 2. The second kappa shape index (κ2) is 10.8. The Balaban J connectivity index is 1.54. The van der Waals surface area contributed by atoms with E-state index in [1.54, 1.807) is 36.4 Å². The molecule has 0 radical (unpaired) electrons. The highest BCUT2D eigenvalue weighted by Gasteiger charge is 2.08. The highest BCUT2D eigenvalue weighted by Crippen LogP contribution is 2.14. The summed E-state index contributed by atoms with van der Waals surface area (Å²) in [6.07, 6.45) is 4.14. The van der Waals surface area contributed by atoms with Crippen molar-refractivity contribution in [2.45, 2.75) is 25.7 Å². The van der Waals surface area contributed by atoms with Crippen LogP contribution in [0.5, 0.6) is 0 Å². The Morgan fingerprint density at radius 2 is 1.96 bits per heavy atom. The van der Waals surface area contributed by atoms with Gasteiger partial charge in [0, 0.05) is 13.0 Å². The quantitative estimate of drug-likeness (QED) is 0.349. The molecule has 8 heteroatoms. The van der Waals surface area contributed by atoms with Crippen molar-refractivity contribution < 1.29 is 14.0 Å². The van der Waals surface area contributed by atoms with Crippen molar-refractivity contribution in [2.75, 3.05) is 6.54 Å². The van der Waals surface area contributed by atoms with E-state index in [-0.39, 0.29) is 11.8 Å². The average molecular weight is 441 g/mol. The smallest absolute Gasteiger partial charge is 0.252 e. The first-order valence-corrected chi connectivity index (χ1v) is 9.33. The van der Waals surface area contributed by atoms with Gasteiger partial charge in [0.15, 0.2) is 4.67 Å². The molecule has 0 spiro atoms. The molecule has 1 aromatic carbocycles. The highest BCUT2D eigenvalue weighted by molar-refractivity contribution is 9.10. The Labute approximate surface area is 165 Å². The van der Waals surface area contributed by atoms with E-state index in [4.69, 9.17) is 16.0 Å². The molecule has 2 amide bonds. The van der Waals surface area contributed by atoms with Crippen molar-refractivity contribution in [2.24, 2.45) is 5.10 Å². The standard InChI is InChI=1S/C18H19BrClN3O3/c19-16-10-9-13(26-16)12-22-23-17(24)8-2-1-5-11-21-18(25)14-6-3-4-7-15(14)20/h3-4,6-7,9-10,12H,1-2,5,8,11H2,(H,21,25)(H,23,24). The first-order chi connectivity index (χ1) is 12.6. The number of unbranched alkanes of at least 4 members (excludes halogenated alkanes) is 2. The Morgan fingerprint density at radius 3 is 2.69 bits per heavy atom. The van der Waals surface area contributed by atoms with Crippen LogP contribution >= 0.6 is 27.5 Å². The van der Waals surface area contributed by atoms with Gasteiger partial charge in [0.25, 0.3) is 5.91 Å². The Kier molecular flexibility index (Phi) is 8.37. The fourth-order valence-electron chi connectivity index (χ4n) is 2.15. The minimum absolute atomic E-state index is 0.160. The molecular formula is C18H19BrClN3O3. The Morgan fingerprint density at radius 1 is 1.15 bits per heavy atom. The number of benzene rings is 1. The number of halogens is 2. The number of amides is 2. The molecule has 0 atom stereocenters. The lowest BCUT2D eigenvalue weighted by Crippen LogP contribution is -2.24. The van der Waals surface area contributed by atoms with Crippen LogP contribution in [0.1, 0.15) is 41.8 Å². The molecular weight excluding hydrogens is 422 g/mol. The normalized spacial score (nSPS) is 10.8. The van der Waals surface area contributed by atoms with Gasteiger partial charge in [0.2, 0.25) is 5.91 Å². The molecule has 2 rings (SSSR count). The van der Waals surface area contributed by atoms with Crippen molar-refractivity contribution in [1.29, 1.82) is 0 Å². The summed E-state index contributed by atoms with van der Waals surface area (Å²) in [5.41, 5.74) is 2.92. The van der Waals surface area contributed by atoms with Gasteiger partial charge in [-0.1, -0.05) is 30.2 Å². The molecule has 1 aromatic heterocycles. The SMILES string of the molecule is O=C(CCCCCNC(=O)c1ccccc1Cl)NN=Cc1ccc(Br)o1. The summed E-state index contributed by atoms with van der Waals surface area (Å²) >= 11 is 9.16. The largest absolute Gasteiger partial charge is 0.448 e. The third-order valence-corrected chi connectivity index (χ3v) is 4.22. The number of carbonyl (C=O) groups excluding carboxylic acids is 2. The van der Waals surface area contributed by atoms with E-state index in [2.05, 4.69) is 31.8 Å². The lowest BCUT2D eigenvalue weighted by Gasteiger charge is -2.06. The van der Waals surface area contributed by atoms with Gasteiger partial charge in [-0.3, -0.25) is 9.59 Å². The first kappa shape index (κ1) is 20.2. The van der Waals surface area contributed by atoms with Gasteiger partial charge < -0.3 is 9.73 Å². The third-order valence-electron chi connectivity index (χ3n) is 3.46. The maximum atomic E-state index is 12.0. The van der Waals surface area contributed by atoms with Crippen molar-refractivity contribution in [3.63, 3.8) is 0 Å². The van der Waals surface area contributed by atoms with Crippen molar-refractivity contribution in [3.8, 4) is 0 Å². The molecule has 0 unspecified atom stereocenters. The summed E-state index contributed by atoms with van der Waals surface area (Å²) in [7, 11) is 0. The molecule has 138 valence electrons. The number of rotatable bonds is 9. The molecule has 0 saturated carbocycles. The first-order valence-electron chi connectivity index (χ1n) is 8.16. The van der Waals surface area contributed by atoms with Crippen LogP contribution in [0.4, 0.5) is 0 Å². The zero-order valence-electron chi connectivity index (χ0n) is 14.0. The summed E-state index contributed by atoms with van der Waals surface area (Å²) in [4.78, 5) is 23.6. The van der Waals surface area contributed by atoms with Gasteiger partial charge in [0.1, 0.15) is 5.76 Å². The lowest BCUT2D eigenvalue weighted by atomic mass is 10.1. The summed E-state index contributed by atoms with van der Waals surface area (Å²) in [5.74, 6) is 0.200. The van der Waals surface area contributed by atoms with Crippen LogP contribution in [-0.2, 0) is 4.79 Å². The maximum Gasteiger partial charge on any atom is 0.252 e. The minimum Gasteiger partial charge on any atom is -0.448 e. The van der Waals surface area contributed by atoms with Gasteiger partial charge in [-0.2, -0.15) is 5.10 Å². The molecule has 1 heterocycles. The predicted molar refractivity (Wildman–Crippen MR) is 104 cm³/mol. The minimum atomic E-state index is -0.188. The van der Waals surface area contributed by atoms with Gasteiger partial charge in [-0.05, 0) is 53.0 Å². The van der Waals surface area contributed by atoms with Gasteiger partial charge in [0.05, 0.1) is 16.8 Å². The molecule has 0 bridgehead atoms. The monoisotopic (exact) mass is 439 g/mol. The van der Waals surface area contributed by atoms with Gasteiger partial charge in [-0.25, -0.2) is 5.43 Å². The molecule has 26 heavy (non-hydrogen) atoms. The summed E-state index contributed by atoms with van der Waals surface area (Å²) in [6.45, 7) is 0.539. The van der Waals surface area contributed by atoms with E-state index in [0.717, 1.165) is 19.3 Å². The summed E-state index contributed by atoms with van der Waals surface area (Å²) in [5, 5.41) is 7.08. The Bertz CT molecular complexity index is 777. The molecule has 0 aliphatic heterocycles. The Hall–Kier alpha value is -2.12. The van der Waals surface area contributed by atoms with E-state index in [1.165, 1.54) is 6.21 Å². The number of hydrogen-bond donors (Lipinski definition) is 2. The van der Waals surface area contributed by atoms with E-state index in [0.29, 0.717) is 34.0 Å². The van der Waals surface area contributed by atoms with Crippen molar-refractivity contribution in [1.82, 2.24) is 10.7 Å². The van der Waals surface area contributed by atoms with E-state index in [9.17, 15) is 9.59 Å². The number of hydrogen-bond acceptors (Lipinski definition) is 4. The van der Waals surface area contributed by atoms with E-state index < -0.39 is 0 Å². The summed E-state index contributed by atoms with van der Waals surface area (Å²) < 4.78 is 5.83. The lowest BCUT2D eigenvalue weighted by molar-refractivity contribution is -0.121. The van der Waals surface area contributed by atoms with E-state index >= 15 is 0 Å². The van der Waals surface area contributed by atoms with Crippen LogP contribution in [0.15, 0.2) is 50.6 Å². The van der Waals surface area contributed by atoms with Crippen molar-refractivity contribution in [3.05, 3.63) is 57.4 Å². The number of carbonyl (C=O) groups is 2. The molecule has 2 aromatic rings. The van der Waals surface area contributed by atoms with Crippen LogP contribution in [-0.4, -0.2) is 24.6 Å². The van der Waals surface area contributed by atoms with Crippen LogP contribution in [0.25, 0.3) is 0 Å². The second-order valence-corrected chi connectivity index (χ2v) is 6.67. The molecule has 0 fully saturated rings. The third kappa shape index (κ3) is 7.01. The van der Waals surface area contributed by atoms with Crippen molar-refractivity contribution >= 4 is 45.6 Å². The topological polar surface area (TPSA) is 83.7 Å². The molecule has 2 N–H and O–H groups in total. The van der Waals surface area contributed by atoms with Crippen LogP contribution in [0, 0.1) is 0 Å².